The molecule has 0 saturated carbocycles. The molecule has 1 aromatic heterocycles. The number of H-pyrrole nitrogens is 1. The van der Waals surface area contributed by atoms with E-state index in [4.69, 9.17) is 9.47 Å². The summed E-state index contributed by atoms with van der Waals surface area (Å²) in [7, 11) is 1.60. The van der Waals surface area contributed by atoms with Crippen molar-refractivity contribution in [2.45, 2.75) is 13.0 Å². The molecule has 0 bridgehead atoms. The summed E-state index contributed by atoms with van der Waals surface area (Å²) >= 11 is 0. The summed E-state index contributed by atoms with van der Waals surface area (Å²) in [6, 6.07) is 22.6. The van der Waals surface area contributed by atoms with Crippen LogP contribution in [0, 0.1) is 0 Å². The first-order valence-corrected chi connectivity index (χ1v) is 9.94. The number of ketones is 1. The molecule has 3 aromatic carbocycles. The van der Waals surface area contributed by atoms with Crippen molar-refractivity contribution < 1.29 is 14.3 Å². The number of aromatic amines is 1. The number of aromatic nitrogens is 1. The van der Waals surface area contributed by atoms with Gasteiger partial charge in [-0.2, -0.15) is 0 Å². The molecule has 0 aliphatic carbocycles. The van der Waals surface area contributed by atoms with Gasteiger partial charge in [0.1, 0.15) is 6.04 Å². The number of methoxy groups -OCH3 is 1. The van der Waals surface area contributed by atoms with E-state index >= 15 is 0 Å². The van der Waals surface area contributed by atoms with Gasteiger partial charge in [0, 0.05) is 34.4 Å². The van der Waals surface area contributed by atoms with Crippen molar-refractivity contribution in [3.05, 3.63) is 90.1 Å². The number of para-hydroxylation sites is 1. The molecule has 0 saturated heterocycles. The molecule has 2 N–H and O–H groups in total. The highest BCUT2D eigenvalue weighted by molar-refractivity contribution is 6.11. The average molecular weight is 400 g/mol. The van der Waals surface area contributed by atoms with Gasteiger partial charge in [-0.05, 0) is 30.7 Å². The Hall–Kier alpha value is -3.73. The molecule has 0 aliphatic rings. The van der Waals surface area contributed by atoms with Crippen LogP contribution in [0.5, 0.6) is 11.5 Å². The fourth-order valence-corrected chi connectivity index (χ4v) is 3.58. The molecule has 5 heteroatoms. The molecular formula is C25H24N2O3. The number of anilines is 1. The van der Waals surface area contributed by atoms with Gasteiger partial charge in [0.2, 0.25) is 0 Å². The largest absolute Gasteiger partial charge is 0.493 e. The maximum atomic E-state index is 13.6. The highest BCUT2D eigenvalue weighted by atomic mass is 16.5. The topological polar surface area (TPSA) is 63.3 Å². The van der Waals surface area contributed by atoms with E-state index in [1.165, 1.54) is 0 Å². The summed E-state index contributed by atoms with van der Waals surface area (Å²) < 4.78 is 11.1. The standard InChI is InChI=1S/C25H24N2O3/c1-3-30-22-14-13-18(15-23(22)29-2)27-24(17-9-5-4-6-10-17)25(28)20-16-26-21-12-8-7-11-19(20)21/h4-16,24,26-27H,3H2,1-2H3/t24-/m1/s1. The van der Waals surface area contributed by atoms with Crippen LogP contribution in [0.4, 0.5) is 5.69 Å². The Morgan fingerprint density at radius 3 is 2.53 bits per heavy atom. The highest BCUT2D eigenvalue weighted by Crippen LogP contribution is 2.33. The van der Waals surface area contributed by atoms with E-state index in [0.717, 1.165) is 22.2 Å². The molecule has 30 heavy (non-hydrogen) atoms. The third-order valence-electron chi connectivity index (χ3n) is 5.02. The van der Waals surface area contributed by atoms with Gasteiger partial charge in [-0.25, -0.2) is 0 Å². The van der Waals surface area contributed by atoms with Gasteiger partial charge in [0.15, 0.2) is 17.3 Å². The second-order valence-corrected chi connectivity index (χ2v) is 6.90. The van der Waals surface area contributed by atoms with Gasteiger partial charge in [-0.15, -0.1) is 0 Å². The quantitative estimate of drug-likeness (QED) is 0.377. The first kappa shape index (κ1) is 19.6. The predicted molar refractivity (Wildman–Crippen MR) is 120 cm³/mol. The lowest BCUT2D eigenvalue weighted by Gasteiger charge is -2.20. The lowest BCUT2D eigenvalue weighted by Crippen LogP contribution is -2.21. The predicted octanol–water partition coefficient (Wildman–Crippen LogP) is 5.61. The number of hydrogen-bond acceptors (Lipinski definition) is 4. The monoisotopic (exact) mass is 400 g/mol. The highest BCUT2D eigenvalue weighted by Gasteiger charge is 2.24. The molecule has 4 rings (SSSR count). The Balaban J connectivity index is 1.72. The Kier molecular flexibility index (Phi) is 5.70. The number of fused-ring (bicyclic) bond motifs is 1. The molecule has 0 amide bonds. The third kappa shape index (κ3) is 3.87. The van der Waals surface area contributed by atoms with Crippen LogP contribution in [0.25, 0.3) is 10.9 Å². The molecular weight excluding hydrogens is 376 g/mol. The number of ether oxygens (including phenoxy) is 2. The van der Waals surface area contributed by atoms with Gasteiger partial charge >= 0.3 is 0 Å². The van der Waals surface area contributed by atoms with Crippen molar-refractivity contribution >= 4 is 22.4 Å². The molecule has 5 nitrogen and oxygen atoms in total. The molecule has 1 heterocycles. The number of benzene rings is 3. The number of Topliss-reactive ketones (excluding diaryl/α,β-unsaturated/α-hetero) is 1. The van der Waals surface area contributed by atoms with E-state index in [0.29, 0.717) is 23.7 Å². The summed E-state index contributed by atoms with van der Waals surface area (Å²) in [5.74, 6) is 1.28. The second-order valence-electron chi connectivity index (χ2n) is 6.90. The lowest BCUT2D eigenvalue weighted by atomic mass is 9.96. The zero-order chi connectivity index (χ0) is 20.9. The Bertz CT molecular complexity index is 1150. The first-order valence-electron chi connectivity index (χ1n) is 9.94. The van der Waals surface area contributed by atoms with Crippen LogP contribution in [0.15, 0.2) is 79.0 Å². The van der Waals surface area contributed by atoms with Gasteiger partial charge < -0.3 is 19.8 Å². The number of carbonyl (C=O) groups excluding carboxylic acids is 1. The lowest BCUT2D eigenvalue weighted by molar-refractivity contribution is 0.0971. The summed E-state index contributed by atoms with van der Waals surface area (Å²) in [6.45, 7) is 2.48. The summed E-state index contributed by atoms with van der Waals surface area (Å²) in [5, 5.41) is 4.30. The van der Waals surface area contributed by atoms with Crippen LogP contribution < -0.4 is 14.8 Å². The molecule has 152 valence electrons. The minimum atomic E-state index is -0.548. The second kappa shape index (κ2) is 8.74. The number of hydrogen-bond donors (Lipinski definition) is 2. The van der Waals surface area contributed by atoms with E-state index in [-0.39, 0.29) is 5.78 Å². The van der Waals surface area contributed by atoms with Crippen molar-refractivity contribution in [2.24, 2.45) is 0 Å². The van der Waals surface area contributed by atoms with Crippen LogP contribution >= 0.6 is 0 Å². The van der Waals surface area contributed by atoms with E-state index in [1.807, 2.05) is 79.7 Å². The molecule has 0 spiro atoms. The van der Waals surface area contributed by atoms with Crippen LogP contribution in [-0.4, -0.2) is 24.5 Å². The van der Waals surface area contributed by atoms with Crippen LogP contribution in [0.1, 0.15) is 28.9 Å². The molecule has 0 radical (unpaired) electrons. The van der Waals surface area contributed by atoms with E-state index in [2.05, 4.69) is 10.3 Å². The Morgan fingerprint density at radius 2 is 1.77 bits per heavy atom. The maximum absolute atomic E-state index is 13.6. The van der Waals surface area contributed by atoms with Gasteiger partial charge in [0.05, 0.1) is 13.7 Å². The maximum Gasteiger partial charge on any atom is 0.191 e. The fraction of sp³-hybridized carbons (Fsp3) is 0.160. The number of nitrogens with one attached hydrogen (secondary N) is 2. The van der Waals surface area contributed by atoms with Gasteiger partial charge in [-0.1, -0.05) is 48.5 Å². The van der Waals surface area contributed by atoms with Gasteiger partial charge in [0.25, 0.3) is 0 Å². The molecule has 0 aliphatic heterocycles. The zero-order valence-corrected chi connectivity index (χ0v) is 17.0. The fourth-order valence-electron chi connectivity index (χ4n) is 3.58. The summed E-state index contributed by atoms with van der Waals surface area (Å²) in [6.07, 6.45) is 1.78. The Morgan fingerprint density at radius 1 is 1.00 bits per heavy atom. The number of rotatable bonds is 8. The van der Waals surface area contributed by atoms with E-state index in [1.54, 1.807) is 13.3 Å². The van der Waals surface area contributed by atoms with Crippen molar-refractivity contribution in [3.63, 3.8) is 0 Å². The summed E-state index contributed by atoms with van der Waals surface area (Å²) in [4.78, 5) is 16.8. The van der Waals surface area contributed by atoms with Crippen LogP contribution in [-0.2, 0) is 0 Å². The van der Waals surface area contributed by atoms with Crippen molar-refractivity contribution in [1.82, 2.24) is 4.98 Å². The van der Waals surface area contributed by atoms with Crippen molar-refractivity contribution in [3.8, 4) is 11.5 Å². The SMILES string of the molecule is CCOc1ccc(N[C@@H](C(=O)c2c[nH]c3ccccc23)c2ccccc2)cc1OC. The first-order chi connectivity index (χ1) is 14.7. The van der Waals surface area contributed by atoms with Crippen molar-refractivity contribution in [1.29, 1.82) is 0 Å². The molecule has 4 aromatic rings. The minimum Gasteiger partial charge on any atom is -0.493 e. The van der Waals surface area contributed by atoms with E-state index in [9.17, 15) is 4.79 Å². The van der Waals surface area contributed by atoms with Crippen molar-refractivity contribution in [2.75, 3.05) is 19.0 Å². The molecule has 0 unspecified atom stereocenters. The van der Waals surface area contributed by atoms with Gasteiger partial charge in [-0.3, -0.25) is 4.79 Å². The molecule has 0 fully saturated rings. The van der Waals surface area contributed by atoms with Crippen LogP contribution in [0.3, 0.4) is 0 Å². The molecule has 1 atom stereocenters. The number of carbonyl (C=O) groups is 1. The third-order valence-corrected chi connectivity index (χ3v) is 5.02. The average Bonchev–Trinajstić information content (AvgIpc) is 3.23. The zero-order valence-electron chi connectivity index (χ0n) is 17.0. The minimum absolute atomic E-state index is 0.00787. The van der Waals surface area contributed by atoms with Crippen LogP contribution in [0.2, 0.25) is 0 Å². The smallest absolute Gasteiger partial charge is 0.191 e. The van der Waals surface area contributed by atoms with E-state index < -0.39 is 6.04 Å². The Labute approximate surface area is 175 Å². The summed E-state index contributed by atoms with van der Waals surface area (Å²) in [5.41, 5.74) is 3.26. The normalized spacial score (nSPS) is 11.8.